The molecule has 2 aromatic rings. The molecule has 0 aliphatic heterocycles. The highest BCUT2D eigenvalue weighted by Gasteiger charge is 2.12. The molecule has 0 radical (unpaired) electrons. The van der Waals surface area contributed by atoms with Gasteiger partial charge in [-0.1, -0.05) is 5.16 Å². The summed E-state index contributed by atoms with van der Waals surface area (Å²) in [5.41, 5.74) is 8.04. The molecule has 6 heteroatoms. The Morgan fingerprint density at radius 1 is 1.50 bits per heavy atom. The van der Waals surface area contributed by atoms with Gasteiger partial charge >= 0.3 is 0 Å². The average molecular weight is 246 g/mol. The van der Waals surface area contributed by atoms with Crippen molar-refractivity contribution < 1.29 is 9.32 Å². The Kier molecular flexibility index (Phi) is 3.27. The van der Waals surface area contributed by atoms with Gasteiger partial charge < -0.3 is 15.6 Å². The van der Waals surface area contributed by atoms with Crippen molar-refractivity contribution in [1.82, 2.24) is 15.5 Å². The van der Waals surface area contributed by atoms with E-state index in [1.165, 1.54) is 12.3 Å². The van der Waals surface area contributed by atoms with Crippen molar-refractivity contribution in [3.63, 3.8) is 0 Å². The number of nitrogens with one attached hydrogen (secondary N) is 1. The smallest absolute Gasteiger partial charge is 0.270 e. The van der Waals surface area contributed by atoms with E-state index in [2.05, 4.69) is 15.5 Å². The summed E-state index contributed by atoms with van der Waals surface area (Å²) in [6.07, 6.45) is 1.50. The standard InChI is InChI=1S/C12H14N4O2/c1-7-10(8(2)18-16-7)6-15-12(17)11-5-9(13)3-4-14-11/h3-5H,6H2,1-2H3,(H2,13,14)(H,15,17). The van der Waals surface area contributed by atoms with Crippen LogP contribution < -0.4 is 11.1 Å². The van der Waals surface area contributed by atoms with Crippen LogP contribution in [-0.2, 0) is 6.54 Å². The number of hydrogen-bond donors (Lipinski definition) is 2. The molecule has 0 aromatic carbocycles. The number of nitrogens with zero attached hydrogens (tertiary/aromatic N) is 2. The lowest BCUT2D eigenvalue weighted by molar-refractivity contribution is 0.0946. The van der Waals surface area contributed by atoms with Gasteiger partial charge in [-0.25, -0.2) is 0 Å². The second-order valence-electron chi connectivity index (χ2n) is 3.96. The largest absolute Gasteiger partial charge is 0.399 e. The fraction of sp³-hybridized carbons (Fsp3) is 0.250. The molecule has 6 nitrogen and oxygen atoms in total. The maximum absolute atomic E-state index is 11.8. The van der Waals surface area contributed by atoms with E-state index in [1.807, 2.05) is 6.92 Å². The van der Waals surface area contributed by atoms with E-state index in [-0.39, 0.29) is 5.91 Å². The van der Waals surface area contributed by atoms with Crippen LogP contribution in [0.25, 0.3) is 0 Å². The Hall–Kier alpha value is -2.37. The van der Waals surface area contributed by atoms with Gasteiger partial charge in [0.1, 0.15) is 11.5 Å². The lowest BCUT2D eigenvalue weighted by Gasteiger charge is -2.04. The minimum absolute atomic E-state index is 0.276. The normalized spacial score (nSPS) is 10.3. The Bertz CT molecular complexity index is 558. The molecule has 3 N–H and O–H groups in total. The van der Waals surface area contributed by atoms with E-state index in [1.54, 1.807) is 13.0 Å². The van der Waals surface area contributed by atoms with E-state index >= 15 is 0 Å². The first-order valence-corrected chi connectivity index (χ1v) is 5.49. The highest BCUT2D eigenvalue weighted by molar-refractivity contribution is 5.92. The van der Waals surface area contributed by atoms with Crippen LogP contribution in [0.5, 0.6) is 0 Å². The van der Waals surface area contributed by atoms with E-state index < -0.39 is 0 Å². The third-order valence-electron chi connectivity index (χ3n) is 2.62. The lowest BCUT2D eigenvalue weighted by atomic mass is 10.2. The predicted molar refractivity (Wildman–Crippen MR) is 65.8 cm³/mol. The van der Waals surface area contributed by atoms with Crippen molar-refractivity contribution in [3.8, 4) is 0 Å². The summed E-state index contributed by atoms with van der Waals surface area (Å²) < 4.78 is 5.02. The molecular weight excluding hydrogens is 232 g/mol. The zero-order valence-corrected chi connectivity index (χ0v) is 10.2. The summed E-state index contributed by atoms with van der Waals surface area (Å²) in [6.45, 7) is 3.99. The van der Waals surface area contributed by atoms with Crippen molar-refractivity contribution in [2.45, 2.75) is 20.4 Å². The summed E-state index contributed by atoms with van der Waals surface area (Å²) in [6, 6.07) is 3.16. The number of hydrogen-bond acceptors (Lipinski definition) is 5. The number of rotatable bonds is 3. The van der Waals surface area contributed by atoms with Gasteiger partial charge in [0.05, 0.1) is 5.69 Å². The predicted octanol–water partition coefficient (Wildman–Crippen LogP) is 1.20. The fourth-order valence-corrected chi connectivity index (χ4v) is 1.58. The first-order chi connectivity index (χ1) is 8.58. The van der Waals surface area contributed by atoms with Gasteiger partial charge in [0.15, 0.2) is 0 Å². The minimum atomic E-state index is -0.276. The van der Waals surface area contributed by atoms with E-state index in [9.17, 15) is 4.79 Å². The van der Waals surface area contributed by atoms with Gasteiger partial charge in [0.2, 0.25) is 0 Å². The summed E-state index contributed by atoms with van der Waals surface area (Å²) in [4.78, 5) is 15.8. The van der Waals surface area contributed by atoms with Crippen molar-refractivity contribution in [2.24, 2.45) is 0 Å². The van der Waals surface area contributed by atoms with Gasteiger partial charge in [-0.05, 0) is 26.0 Å². The molecule has 18 heavy (non-hydrogen) atoms. The number of carbonyl (C=O) groups excluding carboxylic acids is 1. The van der Waals surface area contributed by atoms with Gasteiger partial charge in [0, 0.05) is 24.0 Å². The lowest BCUT2D eigenvalue weighted by Crippen LogP contribution is -2.24. The first kappa shape index (κ1) is 12.1. The molecule has 2 heterocycles. The van der Waals surface area contributed by atoms with Gasteiger partial charge in [-0.2, -0.15) is 0 Å². The summed E-state index contributed by atoms with van der Waals surface area (Å²) in [7, 11) is 0. The van der Waals surface area contributed by atoms with Gasteiger partial charge in [0.25, 0.3) is 5.91 Å². The van der Waals surface area contributed by atoms with Crippen LogP contribution in [0.15, 0.2) is 22.9 Å². The Labute approximate surface area is 104 Å². The third kappa shape index (κ3) is 2.48. The first-order valence-electron chi connectivity index (χ1n) is 5.49. The number of carbonyl (C=O) groups is 1. The molecule has 0 saturated heterocycles. The average Bonchev–Trinajstić information content (AvgIpc) is 2.66. The number of amides is 1. The molecule has 1 amide bonds. The SMILES string of the molecule is Cc1noc(C)c1CNC(=O)c1cc(N)ccn1. The van der Waals surface area contributed by atoms with Crippen LogP contribution in [-0.4, -0.2) is 16.0 Å². The molecule has 2 aromatic heterocycles. The van der Waals surface area contributed by atoms with Crippen molar-refractivity contribution >= 4 is 11.6 Å². The second-order valence-corrected chi connectivity index (χ2v) is 3.96. The van der Waals surface area contributed by atoms with Crippen LogP contribution in [0, 0.1) is 13.8 Å². The third-order valence-corrected chi connectivity index (χ3v) is 2.62. The Morgan fingerprint density at radius 2 is 2.28 bits per heavy atom. The highest BCUT2D eigenvalue weighted by atomic mass is 16.5. The van der Waals surface area contributed by atoms with Crippen molar-refractivity contribution in [2.75, 3.05) is 5.73 Å². The number of aryl methyl sites for hydroxylation is 2. The van der Waals surface area contributed by atoms with E-state index in [0.717, 1.165) is 11.3 Å². The summed E-state index contributed by atoms with van der Waals surface area (Å²) in [5, 5.41) is 6.57. The summed E-state index contributed by atoms with van der Waals surface area (Å²) in [5.74, 6) is 0.427. The topological polar surface area (TPSA) is 94.0 Å². The zero-order valence-electron chi connectivity index (χ0n) is 10.2. The Morgan fingerprint density at radius 3 is 2.89 bits per heavy atom. The number of nitrogens with two attached hydrogens (primary N) is 1. The molecule has 0 bridgehead atoms. The molecular formula is C12H14N4O2. The van der Waals surface area contributed by atoms with Gasteiger partial charge in [-0.15, -0.1) is 0 Å². The number of nitrogen functional groups attached to an aromatic ring is 1. The van der Waals surface area contributed by atoms with Crippen LogP contribution in [0.1, 0.15) is 27.5 Å². The molecule has 2 rings (SSSR count). The Balaban J connectivity index is 2.05. The molecule has 0 saturated carbocycles. The van der Waals surface area contributed by atoms with Crippen LogP contribution in [0.4, 0.5) is 5.69 Å². The quantitative estimate of drug-likeness (QED) is 0.848. The van der Waals surface area contributed by atoms with Crippen molar-refractivity contribution in [1.29, 1.82) is 0 Å². The van der Waals surface area contributed by atoms with Crippen LogP contribution >= 0.6 is 0 Å². The number of anilines is 1. The van der Waals surface area contributed by atoms with Crippen molar-refractivity contribution in [3.05, 3.63) is 41.0 Å². The second kappa shape index (κ2) is 4.87. The number of aromatic nitrogens is 2. The monoisotopic (exact) mass is 246 g/mol. The summed E-state index contributed by atoms with van der Waals surface area (Å²) >= 11 is 0. The molecule has 0 unspecified atom stereocenters. The van der Waals surface area contributed by atoms with Crippen LogP contribution in [0.2, 0.25) is 0 Å². The molecule has 0 atom stereocenters. The maximum atomic E-state index is 11.8. The fourth-order valence-electron chi connectivity index (χ4n) is 1.58. The number of pyridine rings is 1. The molecule has 94 valence electrons. The molecule has 0 aliphatic rings. The maximum Gasteiger partial charge on any atom is 0.270 e. The minimum Gasteiger partial charge on any atom is -0.399 e. The van der Waals surface area contributed by atoms with E-state index in [0.29, 0.717) is 23.7 Å². The molecule has 0 spiro atoms. The van der Waals surface area contributed by atoms with Crippen LogP contribution in [0.3, 0.4) is 0 Å². The zero-order chi connectivity index (χ0) is 13.1. The van der Waals surface area contributed by atoms with E-state index in [4.69, 9.17) is 10.3 Å². The highest BCUT2D eigenvalue weighted by Crippen LogP contribution is 2.11. The van der Waals surface area contributed by atoms with Gasteiger partial charge in [-0.3, -0.25) is 9.78 Å². The molecule has 0 aliphatic carbocycles. The molecule has 0 fully saturated rings.